The summed E-state index contributed by atoms with van der Waals surface area (Å²) in [5.74, 6) is 0.592. The normalized spacial score (nSPS) is 17.9. The van der Waals surface area contributed by atoms with E-state index < -0.39 is 0 Å². The van der Waals surface area contributed by atoms with Crippen LogP contribution in [0.1, 0.15) is 96.9 Å². The van der Waals surface area contributed by atoms with E-state index in [-0.39, 0.29) is 5.41 Å². The predicted octanol–water partition coefficient (Wildman–Crippen LogP) is 10.6. The summed E-state index contributed by atoms with van der Waals surface area (Å²) in [6, 6.07) is 36.3. The molecule has 39 heavy (non-hydrogen) atoms. The minimum Gasteiger partial charge on any atom is -0.0651 e. The van der Waals surface area contributed by atoms with Crippen molar-refractivity contribution in [2.75, 3.05) is 0 Å². The van der Waals surface area contributed by atoms with Crippen LogP contribution in [0.4, 0.5) is 0 Å². The van der Waals surface area contributed by atoms with Gasteiger partial charge in [-0.25, -0.2) is 0 Å². The van der Waals surface area contributed by atoms with Gasteiger partial charge in [0.2, 0.25) is 0 Å². The van der Waals surface area contributed by atoms with Crippen molar-refractivity contribution in [3.63, 3.8) is 0 Å². The predicted molar refractivity (Wildman–Crippen MR) is 169 cm³/mol. The highest BCUT2D eigenvalue weighted by molar-refractivity contribution is 5.96. The van der Waals surface area contributed by atoms with E-state index in [1.807, 2.05) is 0 Å². The van der Waals surface area contributed by atoms with E-state index in [2.05, 4.69) is 137 Å². The van der Waals surface area contributed by atoms with Crippen LogP contribution in [0.5, 0.6) is 0 Å². The first-order valence-corrected chi connectivity index (χ1v) is 14.8. The molecule has 4 aromatic carbocycles. The summed E-state index contributed by atoms with van der Waals surface area (Å²) in [5, 5.41) is 0. The van der Waals surface area contributed by atoms with Crippen LogP contribution in [0.15, 0.2) is 97.1 Å². The molecule has 0 heteroatoms. The molecular weight excluding hydrogens is 468 g/mol. The van der Waals surface area contributed by atoms with Crippen LogP contribution < -0.4 is 0 Å². The second-order valence-electron chi connectivity index (χ2n) is 12.0. The van der Waals surface area contributed by atoms with Gasteiger partial charge in [-0.1, -0.05) is 138 Å². The summed E-state index contributed by atoms with van der Waals surface area (Å²) in [5.41, 5.74) is 14.4. The minimum absolute atomic E-state index is 0.0600. The van der Waals surface area contributed by atoms with Gasteiger partial charge in [0, 0.05) is 11.8 Å². The SMILES string of the molecule is CCCc1cccc2c1C=C(c1ccccc1)C2C(C)(C)C1C(c2ccccc2)=Cc2c(CCC)cccc21. The first-order valence-electron chi connectivity index (χ1n) is 14.8. The summed E-state index contributed by atoms with van der Waals surface area (Å²) in [7, 11) is 0. The summed E-state index contributed by atoms with van der Waals surface area (Å²) in [4.78, 5) is 0. The lowest BCUT2D eigenvalue weighted by Crippen LogP contribution is -2.30. The zero-order chi connectivity index (χ0) is 27.0. The Morgan fingerprint density at radius 2 is 0.923 bits per heavy atom. The summed E-state index contributed by atoms with van der Waals surface area (Å²) in [6.07, 6.45) is 9.62. The van der Waals surface area contributed by atoms with Gasteiger partial charge in [0.25, 0.3) is 0 Å². The third-order valence-electron chi connectivity index (χ3n) is 9.04. The van der Waals surface area contributed by atoms with Gasteiger partial charge in [-0.2, -0.15) is 0 Å². The summed E-state index contributed by atoms with van der Waals surface area (Å²) >= 11 is 0. The zero-order valence-electron chi connectivity index (χ0n) is 23.9. The second-order valence-corrected chi connectivity index (χ2v) is 12.0. The Morgan fingerprint density at radius 3 is 1.31 bits per heavy atom. The van der Waals surface area contributed by atoms with Crippen LogP contribution in [0.3, 0.4) is 0 Å². The number of benzene rings is 4. The average Bonchev–Trinajstić information content (AvgIpc) is 3.56. The fraction of sp³-hybridized carbons (Fsp3) is 0.282. The topological polar surface area (TPSA) is 0 Å². The van der Waals surface area contributed by atoms with Gasteiger partial charge >= 0.3 is 0 Å². The smallest absolute Gasteiger partial charge is 0.0162 e. The van der Waals surface area contributed by atoms with Crippen molar-refractivity contribution in [3.05, 3.63) is 142 Å². The first kappa shape index (κ1) is 25.6. The number of allylic oxidation sites excluding steroid dienone is 2. The third-order valence-corrected chi connectivity index (χ3v) is 9.04. The van der Waals surface area contributed by atoms with Gasteiger partial charge in [-0.3, -0.25) is 0 Å². The van der Waals surface area contributed by atoms with Gasteiger partial charge in [0.15, 0.2) is 0 Å². The third kappa shape index (κ3) is 4.41. The van der Waals surface area contributed by atoms with E-state index in [9.17, 15) is 0 Å². The van der Waals surface area contributed by atoms with Gasteiger partial charge < -0.3 is 0 Å². The molecule has 4 aromatic rings. The standard InChI is InChI=1S/C39H40/c1-5-15-27-21-13-23-31-33(27)25-35(29-17-9-7-10-18-29)37(31)39(3,4)38-32-24-14-22-28(16-6-2)34(32)26-36(38)30-19-11-8-12-20-30/h7-14,17-26,37-38H,5-6,15-16H2,1-4H3. The Labute approximate surface area is 235 Å². The Balaban J connectivity index is 1.56. The fourth-order valence-corrected chi connectivity index (χ4v) is 7.44. The molecule has 0 heterocycles. The van der Waals surface area contributed by atoms with Crippen molar-refractivity contribution in [2.24, 2.45) is 5.41 Å². The number of hydrogen-bond acceptors (Lipinski definition) is 0. The van der Waals surface area contributed by atoms with Crippen LogP contribution in [0, 0.1) is 5.41 Å². The van der Waals surface area contributed by atoms with Crippen molar-refractivity contribution in [3.8, 4) is 0 Å². The Bertz CT molecular complexity index is 1410. The highest BCUT2D eigenvalue weighted by Crippen LogP contribution is 2.62. The molecule has 0 saturated carbocycles. The molecule has 0 amide bonds. The fourth-order valence-electron chi connectivity index (χ4n) is 7.44. The molecule has 196 valence electrons. The van der Waals surface area contributed by atoms with Crippen molar-refractivity contribution in [2.45, 2.75) is 65.2 Å². The number of fused-ring (bicyclic) bond motifs is 2. The second kappa shape index (κ2) is 10.5. The molecule has 6 rings (SSSR count). The van der Waals surface area contributed by atoms with Crippen molar-refractivity contribution in [1.82, 2.24) is 0 Å². The number of aryl methyl sites for hydroxylation is 2. The molecule has 2 aliphatic carbocycles. The number of hydrogen-bond donors (Lipinski definition) is 0. The molecule has 2 atom stereocenters. The van der Waals surface area contributed by atoms with Crippen LogP contribution in [-0.4, -0.2) is 0 Å². The van der Waals surface area contributed by atoms with Crippen LogP contribution in [0.2, 0.25) is 0 Å². The highest BCUT2D eigenvalue weighted by atomic mass is 14.5. The van der Waals surface area contributed by atoms with E-state index >= 15 is 0 Å². The monoisotopic (exact) mass is 508 g/mol. The molecule has 2 unspecified atom stereocenters. The van der Waals surface area contributed by atoms with E-state index in [0.29, 0.717) is 11.8 Å². The van der Waals surface area contributed by atoms with Crippen LogP contribution >= 0.6 is 0 Å². The maximum atomic E-state index is 2.53. The van der Waals surface area contributed by atoms with E-state index in [1.165, 1.54) is 55.7 Å². The van der Waals surface area contributed by atoms with Crippen LogP contribution in [0.25, 0.3) is 23.3 Å². The molecular formula is C39H40. The maximum absolute atomic E-state index is 2.53. The van der Waals surface area contributed by atoms with Gasteiger partial charge in [-0.15, -0.1) is 0 Å². The molecule has 2 aliphatic rings. The lowest BCUT2D eigenvalue weighted by atomic mass is 9.61. The molecule has 0 aliphatic heterocycles. The average molecular weight is 509 g/mol. The molecule has 0 fully saturated rings. The van der Waals surface area contributed by atoms with E-state index in [1.54, 1.807) is 0 Å². The molecule has 0 bridgehead atoms. The van der Waals surface area contributed by atoms with Gasteiger partial charge in [0.05, 0.1) is 0 Å². The number of rotatable bonds is 8. The summed E-state index contributed by atoms with van der Waals surface area (Å²) < 4.78 is 0. The Kier molecular flexibility index (Phi) is 6.90. The van der Waals surface area contributed by atoms with Crippen molar-refractivity contribution in [1.29, 1.82) is 0 Å². The van der Waals surface area contributed by atoms with E-state index in [0.717, 1.165) is 25.7 Å². The molecule has 0 saturated heterocycles. The van der Waals surface area contributed by atoms with Crippen molar-refractivity contribution < 1.29 is 0 Å². The van der Waals surface area contributed by atoms with Crippen molar-refractivity contribution >= 4 is 23.3 Å². The molecule has 0 aromatic heterocycles. The van der Waals surface area contributed by atoms with Gasteiger partial charge in [0.1, 0.15) is 0 Å². The lowest BCUT2D eigenvalue weighted by molar-refractivity contribution is 0.304. The Hall–Kier alpha value is -3.64. The Morgan fingerprint density at radius 1 is 0.513 bits per heavy atom. The minimum atomic E-state index is -0.0600. The summed E-state index contributed by atoms with van der Waals surface area (Å²) in [6.45, 7) is 9.63. The van der Waals surface area contributed by atoms with E-state index in [4.69, 9.17) is 0 Å². The first-order chi connectivity index (χ1) is 19.0. The zero-order valence-corrected chi connectivity index (χ0v) is 23.9. The van der Waals surface area contributed by atoms with Gasteiger partial charge in [-0.05, 0) is 86.1 Å². The lowest BCUT2D eigenvalue weighted by Gasteiger charge is -2.42. The highest BCUT2D eigenvalue weighted by Gasteiger charge is 2.47. The molecule has 0 nitrogen and oxygen atoms in total. The quantitative estimate of drug-likeness (QED) is 0.222. The largest absolute Gasteiger partial charge is 0.0651 e. The molecule has 0 N–H and O–H groups in total. The molecule has 0 radical (unpaired) electrons. The van der Waals surface area contributed by atoms with Crippen LogP contribution in [-0.2, 0) is 12.8 Å². The molecule has 0 spiro atoms. The maximum Gasteiger partial charge on any atom is 0.0162 e.